The van der Waals surface area contributed by atoms with Gasteiger partial charge >= 0.3 is 5.97 Å². The SMILES string of the molecule is COc1c(C2(C(=O)O)CCC2)cc(F)c(S(C)(=O)=O)c1F. The molecule has 0 saturated heterocycles. The van der Waals surface area contributed by atoms with E-state index in [9.17, 15) is 27.1 Å². The molecule has 0 aliphatic heterocycles. The summed E-state index contributed by atoms with van der Waals surface area (Å²) in [7, 11) is -3.06. The van der Waals surface area contributed by atoms with Gasteiger partial charge in [-0.1, -0.05) is 6.42 Å². The fraction of sp³-hybridized carbons (Fsp3) is 0.462. The summed E-state index contributed by atoms with van der Waals surface area (Å²) in [5.74, 6) is -4.43. The molecule has 0 atom stereocenters. The van der Waals surface area contributed by atoms with Crippen LogP contribution in [-0.2, 0) is 20.0 Å². The first-order valence-electron chi connectivity index (χ1n) is 6.15. The van der Waals surface area contributed by atoms with Gasteiger partial charge in [0.25, 0.3) is 0 Å². The number of rotatable bonds is 4. The van der Waals surface area contributed by atoms with Crippen LogP contribution in [0.2, 0.25) is 0 Å². The summed E-state index contributed by atoms with van der Waals surface area (Å²) >= 11 is 0. The summed E-state index contributed by atoms with van der Waals surface area (Å²) in [5.41, 5.74) is -1.59. The molecule has 0 unspecified atom stereocenters. The van der Waals surface area contributed by atoms with E-state index in [4.69, 9.17) is 4.74 Å². The van der Waals surface area contributed by atoms with Crippen LogP contribution >= 0.6 is 0 Å². The quantitative estimate of drug-likeness (QED) is 0.916. The Balaban J connectivity index is 2.79. The number of hydrogen-bond donors (Lipinski definition) is 1. The Hall–Kier alpha value is -1.70. The van der Waals surface area contributed by atoms with E-state index in [1.807, 2.05) is 0 Å². The summed E-state index contributed by atoms with van der Waals surface area (Å²) in [4.78, 5) is 10.3. The van der Waals surface area contributed by atoms with E-state index >= 15 is 0 Å². The predicted molar refractivity (Wildman–Crippen MR) is 69.2 cm³/mol. The molecule has 8 heteroatoms. The van der Waals surface area contributed by atoms with Crippen LogP contribution in [0.15, 0.2) is 11.0 Å². The average Bonchev–Trinajstić information content (AvgIpc) is 2.24. The second-order valence-corrected chi connectivity index (χ2v) is 7.05. The van der Waals surface area contributed by atoms with E-state index in [2.05, 4.69) is 0 Å². The van der Waals surface area contributed by atoms with Crippen molar-refractivity contribution in [3.63, 3.8) is 0 Å². The van der Waals surface area contributed by atoms with Gasteiger partial charge < -0.3 is 9.84 Å². The monoisotopic (exact) mass is 320 g/mol. The number of ether oxygens (including phenoxy) is 1. The zero-order valence-corrected chi connectivity index (χ0v) is 12.3. The molecule has 5 nitrogen and oxygen atoms in total. The van der Waals surface area contributed by atoms with Crippen molar-refractivity contribution in [2.45, 2.75) is 29.6 Å². The minimum Gasteiger partial charge on any atom is -0.493 e. The molecule has 21 heavy (non-hydrogen) atoms. The van der Waals surface area contributed by atoms with Crippen molar-refractivity contribution in [1.29, 1.82) is 0 Å². The van der Waals surface area contributed by atoms with Crippen LogP contribution in [0.25, 0.3) is 0 Å². The van der Waals surface area contributed by atoms with Crippen molar-refractivity contribution < 1.29 is 31.8 Å². The zero-order valence-electron chi connectivity index (χ0n) is 11.4. The highest BCUT2D eigenvalue weighted by Crippen LogP contribution is 2.49. The van der Waals surface area contributed by atoms with Gasteiger partial charge in [0.1, 0.15) is 10.7 Å². The van der Waals surface area contributed by atoms with Crippen LogP contribution in [0, 0.1) is 11.6 Å². The van der Waals surface area contributed by atoms with Gasteiger partial charge in [-0.15, -0.1) is 0 Å². The lowest BCUT2D eigenvalue weighted by molar-refractivity contribution is -0.147. The first-order valence-corrected chi connectivity index (χ1v) is 8.04. The van der Waals surface area contributed by atoms with Gasteiger partial charge in [-0.05, 0) is 18.9 Å². The maximum Gasteiger partial charge on any atom is 0.314 e. The largest absolute Gasteiger partial charge is 0.493 e. The van der Waals surface area contributed by atoms with Crippen molar-refractivity contribution in [2.24, 2.45) is 0 Å². The third-order valence-electron chi connectivity index (χ3n) is 3.84. The van der Waals surface area contributed by atoms with Crippen LogP contribution in [0.1, 0.15) is 24.8 Å². The smallest absolute Gasteiger partial charge is 0.314 e. The molecule has 2 rings (SSSR count). The molecule has 1 aromatic carbocycles. The van der Waals surface area contributed by atoms with Crippen molar-refractivity contribution in [3.05, 3.63) is 23.3 Å². The zero-order chi connectivity index (χ0) is 16.0. The van der Waals surface area contributed by atoms with Crippen molar-refractivity contribution in [2.75, 3.05) is 13.4 Å². The minimum atomic E-state index is -4.15. The van der Waals surface area contributed by atoms with E-state index in [0.29, 0.717) is 12.7 Å². The van der Waals surface area contributed by atoms with Gasteiger partial charge in [0.15, 0.2) is 21.4 Å². The Bertz CT molecular complexity index is 708. The first kappa shape index (κ1) is 15.7. The number of hydrogen-bond acceptors (Lipinski definition) is 4. The molecular formula is C13H14F2O5S. The number of carbonyl (C=O) groups is 1. The fourth-order valence-corrected chi connectivity index (χ4v) is 3.44. The lowest BCUT2D eigenvalue weighted by atomic mass is 9.64. The molecule has 0 bridgehead atoms. The molecule has 1 aliphatic carbocycles. The fourth-order valence-electron chi connectivity index (χ4n) is 2.61. The highest BCUT2D eigenvalue weighted by Gasteiger charge is 2.49. The average molecular weight is 320 g/mol. The standard InChI is InChI=1S/C13H14F2O5S/c1-20-10-7(13(12(16)17)4-3-5-13)6-8(14)11(9(10)15)21(2,18)19/h6H,3-5H2,1-2H3,(H,16,17). The molecule has 1 saturated carbocycles. The van der Waals surface area contributed by atoms with Gasteiger partial charge in [-0.2, -0.15) is 0 Å². The van der Waals surface area contributed by atoms with Crippen LogP contribution < -0.4 is 4.74 Å². The molecule has 0 aromatic heterocycles. The van der Waals surface area contributed by atoms with Crippen molar-refractivity contribution >= 4 is 15.8 Å². The minimum absolute atomic E-state index is 0.161. The summed E-state index contributed by atoms with van der Waals surface area (Å²) in [6, 6.07) is 0.756. The summed E-state index contributed by atoms with van der Waals surface area (Å²) in [6.45, 7) is 0. The number of carboxylic acids is 1. The maximum atomic E-state index is 14.3. The van der Waals surface area contributed by atoms with Crippen LogP contribution in [0.5, 0.6) is 5.75 Å². The number of aliphatic carboxylic acids is 1. The topological polar surface area (TPSA) is 80.7 Å². The normalized spacial score (nSPS) is 17.1. The summed E-state index contributed by atoms with van der Waals surface area (Å²) < 4.78 is 56.1. The van der Waals surface area contributed by atoms with Gasteiger partial charge in [0, 0.05) is 11.8 Å². The Kier molecular flexibility index (Phi) is 3.69. The summed E-state index contributed by atoms with van der Waals surface area (Å²) in [5, 5.41) is 9.35. The highest BCUT2D eigenvalue weighted by atomic mass is 32.2. The van der Waals surface area contributed by atoms with E-state index in [-0.39, 0.29) is 18.4 Å². The van der Waals surface area contributed by atoms with Crippen LogP contribution in [0.4, 0.5) is 8.78 Å². The molecule has 0 radical (unpaired) electrons. The molecule has 0 amide bonds. The lowest BCUT2D eigenvalue weighted by Gasteiger charge is -2.39. The first-order chi connectivity index (χ1) is 9.65. The highest BCUT2D eigenvalue weighted by molar-refractivity contribution is 7.90. The number of carboxylic acid groups (broad SMARTS) is 1. The van der Waals surface area contributed by atoms with Gasteiger partial charge in [0.05, 0.1) is 12.5 Å². The molecule has 0 spiro atoms. The van der Waals surface area contributed by atoms with E-state index < -0.39 is 43.5 Å². The molecule has 0 heterocycles. The van der Waals surface area contributed by atoms with Gasteiger partial charge in [-0.25, -0.2) is 17.2 Å². The predicted octanol–water partition coefficient (Wildman–Crippen LogP) is 1.88. The van der Waals surface area contributed by atoms with Crippen LogP contribution in [0.3, 0.4) is 0 Å². The second kappa shape index (κ2) is 4.94. The Morgan fingerprint density at radius 1 is 1.38 bits per heavy atom. The molecular weight excluding hydrogens is 306 g/mol. The molecule has 116 valence electrons. The third-order valence-corrected chi connectivity index (χ3v) is 4.95. The maximum absolute atomic E-state index is 14.3. The molecule has 1 fully saturated rings. The molecule has 1 aliphatic rings. The van der Waals surface area contributed by atoms with E-state index in [1.165, 1.54) is 0 Å². The molecule has 1 N–H and O–H groups in total. The van der Waals surface area contributed by atoms with Gasteiger partial charge in [-0.3, -0.25) is 4.79 Å². The third kappa shape index (κ3) is 2.27. The van der Waals surface area contributed by atoms with E-state index in [1.54, 1.807) is 0 Å². The number of sulfone groups is 1. The molecule has 1 aromatic rings. The Labute approximate surface area is 120 Å². The van der Waals surface area contributed by atoms with Crippen LogP contribution in [-0.4, -0.2) is 32.9 Å². The number of methoxy groups -OCH3 is 1. The Morgan fingerprint density at radius 2 is 1.95 bits per heavy atom. The van der Waals surface area contributed by atoms with Crippen molar-refractivity contribution in [1.82, 2.24) is 0 Å². The van der Waals surface area contributed by atoms with Crippen molar-refractivity contribution in [3.8, 4) is 5.75 Å². The number of halogens is 2. The summed E-state index contributed by atoms with van der Waals surface area (Å²) in [6.07, 6.45) is 1.71. The second-order valence-electron chi connectivity index (χ2n) is 5.10. The number of benzene rings is 1. The Morgan fingerprint density at radius 3 is 2.29 bits per heavy atom. The van der Waals surface area contributed by atoms with Gasteiger partial charge in [0.2, 0.25) is 0 Å². The van der Waals surface area contributed by atoms with E-state index in [0.717, 1.165) is 13.2 Å². The lowest BCUT2D eigenvalue weighted by Crippen LogP contribution is -2.43.